The summed E-state index contributed by atoms with van der Waals surface area (Å²) in [6.45, 7) is 9.02. The number of ether oxygens (including phenoxy) is 2. The van der Waals surface area contributed by atoms with Crippen molar-refractivity contribution < 1.29 is 14.3 Å². The van der Waals surface area contributed by atoms with Crippen LogP contribution in [0.15, 0.2) is 17.5 Å². The molecule has 5 nitrogen and oxygen atoms in total. The summed E-state index contributed by atoms with van der Waals surface area (Å²) in [5, 5.41) is 2.62. The summed E-state index contributed by atoms with van der Waals surface area (Å²) in [6, 6.07) is 4.18. The standard InChI is InChI=1S/C18H22N2O3S/c1-12-8-13(2)14(3)16(9-12)23-10-17-19-15(11-24-17)18(21)20-4-6-22-7-5-20/h8-9,11H,4-7,10H2,1-3H3. The zero-order valence-corrected chi connectivity index (χ0v) is 15.1. The molecule has 1 fully saturated rings. The van der Waals surface area contributed by atoms with Crippen LogP contribution in [0.3, 0.4) is 0 Å². The molecule has 1 aliphatic rings. The maximum Gasteiger partial charge on any atom is 0.273 e. The fraction of sp³-hybridized carbons (Fsp3) is 0.444. The molecule has 0 aliphatic carbocycles. The molecule has 0 bridgehead atoms. The molecule has 2 aromatic rings. The Morgan fingerprint density at radius 2 is 2.04 bits per heavy atom. The minimum Gasteiger partial charge on any atom is -0.486 e. The Hall–Kier alpha value is -1.92. The lowest BCUT2D eigenvalue weighted by Crippen LogP contribution is -2.40. The highest BCUT2D eigenvalue weighted by Crippen LogP contribution is 2.24. The van der Waals surface area contributed by atoms with Gasteiger partial charge in [0.25, 0.3) is 5.91 Å². The van der Waals surface area contributed by atoms with Gasteiger partial charge in [0.15, 0.2) is 0 Å². The van der Waals surface area contributed by atoms with Crippen molar-refractivity contribution in [1.82, 2.24) is 9.88 Å². The highest BCUT2D eigenvalue weighted by Gasteiger charge is 2.21. The molecule has 0 saturated carbocycles. The molecule has 1 aromatic heterocycles. The van der Waals surface area contributed by atoms with Gasteiger partial charge in [0.2, 0.25) is 0 Å². The van der Waals surface area contributed by atoms with Crippen LogP contribution in [0, 0.1) is 20.8 Å². The largest absolute Gasteiger partial charge is 0.486 e. The van der Waals surface area contributed by atoms with E-state index in [0.717, 1.165) is 16.3 Å². The van der Waals surface area contributed by atoms with E-state index in [4.69, 9.17) is 9.47 Å². The second kappa shape index (κ2) is 7.32. The van der Waals surface area contributed by atoms with Crippen molar-refractivity contribution in [2.45, 2.75) is 27.4 Å². The van der Waals surface area contributed by atoms with E-state index in [-0.39, 0.29) is 5.91 Å². The van der Waals surface area contributed by atoms with Crippen LogP contribution in [0.2, 0.25) is 0 Å². The molecular weight excluding hydrogens is 324 g/mol. The number of hydrogen-bond acceptors (Lipinski definition) is 5. The van der Waals surface area contributed by atoms with Gasteiger partial charge in [0.1, 0.15) is 23.1 Å². The summed E-state index contributed by atoms with van der Waals surface area (Å²) in [5.74, 6) is 0.854. The smallest absolute Gasteiger partial charge is 0.273 e. The molecule has 0 unspecified atom stereocenters. The van der Waals surface area contributed by atoms with Gasteiger partial charge in [-0.3, -0.25) is 4.79 Å². The first-order valence-corrected chi connectivity index (χ1v) is 8.94. The zero-order valence-electron chi connectivity index (χ0n) is 14.3. The Balaban J connectivity index is 1.65. The maximum absolute atomic E-state index is 12.4. The summed E-state index contributed by atoms with van der Waals surface area (Å²) in [4.78, 5) is 18.6. The molecule has 1 aliphatic heterocycles. The zero-order chi connectivity index (χ0) is 17.1. The molecule has 3 rings (SSSR count). The predicted octanol–water partition coefficient (Wildman–Crippen LogP) is 3.12. The van der Waals surface area contributed by atoms with Crippen LogP contribution in [0.25, 0.3) is 0 Å². The summed E-state index contributed by atoms with van der Waals surface area (Å²) in [7, 11) is 0. The normalized spacial score (nSPS) is 14.7. The van der Waals surface area contributed by atoms with Crippen LogP contribution >= 0.6 is 11.3 Å². The van der Waals surface area contributed by atoms with Crippen molar-refractivity contribution in [3.05, 3.63) is 44.9 Å². The van der Waals surface area contributed by atoms with E-state index in [9.17, 15) is 4.79 Å². The van der Waals surface area contributed by atoms with E-state index in [0.29, 0.717) is 38.6 Å². The summed E-state index contributed by atoms with van der Waals surface area (Å²) in [5.41, 5.74) is 4.03. The maximum atomic E-state index is 12.4. The van der Waals surface area contributed by atoms with Crippen LogP contribution in [-0.4, -0.2) is 42.1 Å². The second-order valence-corrected chi connectivity index (χ2v) is 6.97. The number of aryl methyl sites for hydroxylation is 2. The first-order valence-electron chi connectivity index (χ1n) is 8.06. The molecule has 24 heavy (non-hydrogen) atoms. The van der Waals surface area contributed by atoms with Crippen LogP contribution in [-0.2, 0) is 11.3 Å². The van der Waals surface area contributed by atoms with Crippen LogP contribution in [0.4, 0.5) is 0 Å². The fourth-order valence-corrected chi connectivity index (χ4v) is 3.37. The molecule has 1 aromatic carbocycles. The molecule has 6 heteroatoms. The van der Waals surface area contributed by atoms with Crippen molar-refractivity contribution in [2.75, 3.05) is 26.3 Å². The topological polar surface area (TPSA) is 51.7 Å². The lowest BCUT2D eigenvalue weighted by Gasteiger charge is -2.25. The van der Waals surface area contributed by atoms with Crippen LogP contribution in [0.5, 0.6) is 5.75 Å². The van der Waals surface area contributed by atoms with Gasteiger partial charge in [-0.1, -0.05) is 6.07 Å². The Kier molecular flexibility index (Phi) is 5.16. The molecule has 128 valence electrons. The lowest BCUT2D eigenvalue weighted by molar-refractivity contribution is 0.0299. The predicted molar refractivity (Wildman–Crippen MR) is 93.8 cm³/mol. The quantitative estimate of drug-likeness (QED) is 0.853. The van der Waals surface area contributed by atoms with Gasteiger partial charge >= 0.3 is 0 Å². The van der Waals surface area contributed by atoms with Crippen molar-refractivity contribution in [2.24, 2.45) is 0 Å². The number of amides is 1. The van der Waals surface area contributed by atoms with Crippen LogP contribution < -0.4 is 4.74 Å². The third kappa shape index (κ3) is 3.76. The SMILES string of the molecule is Cc1cc(C)c(C)c(OCc2nc(C(=O)N3CCOCC3)cs2)c1. The van der Waals surface area contributed by atoms with Crippen LogP contribution in [0.1, 0.15) is 32.2 Å². The average Bonchev–Trinajstić information content (AvgIpc) is 3.06. The number of hydrogen-bond donors (Lipinski definition) is 0. The van der Waals surface area contributed by atoms with Gasteiger partial charge in [-0.15, -0.1) is 11.3 Å². The van der Waals surface area contributed by atoms with Crippen molar-refractivity contribution >= 4 is 17.2 Å². The minimum atomic E-state index is -0.0246. The number of rotatable bonds is 4. The molecule has 0 N–H and O–H groups in total. The van der Waals surface area contributed by atoms with Gasteiger partial charge < -0.3 is 14.4 Å². The number of benzene rings is 1. The average molecular weight is 346 g/mol. The molecule has 0 spiro atoms. The first kappa shape index (κ1) is 16.9. The van der Waals surface area contributed by atoms with Crippen molar-refractivity contribution in [3.63, 3.8) is 0 Å². The summed E-state index contributed by atoms with van der Waals surface area (Å²) < 4.78 is 11.2. The molecule has 2 heterocycles. The van der Waals surface area contributed by atoms with E-state index in [1.165, 1.54) is 22.5 Å². The van der Waals surface area contributed by atoms with E-state index in [2.05, 4.69) is 31.8 Å². The molecule has 1 amide bonds. The van der Waals surface area contributed by atoms with Gasteiger partial charge in [-0.05, 0) is 43.5 Å². The molecule has 0 atom stereocenters. The van der Waals surface area contributed by atoms with Crippen molar-refractivity contribution in [1.29, 1.82) is 0 Å². The Labute approximate surface area is 146 Å². The van der Waals surface area contributed by atoms with Gasteiger partial charge in [0.05, 0.1) is 13.2 Å². The van der Waals surface area contributed by atoms with E-state index >= 15 is 0 Å². The number of carbonyl (C=O) groups is 1. The lowest BCUT2D eigenvalue weighted by atomic mass is 10.1. The monoisotopic (exact) mass is 346 g/mol. The van der Waals surface area contributed by atoms with Crippen molar-refractivity contribution in [3.8, 4) is 5.75 Å². The van der Waals surface area contributed by atoms with Gasteiger partial charge in [0, 0.05) is 18.5 Å². The number of aromatic nitrogens is 1. The number of thiazole rings is 1. The van der Waals surface area contributed by atoms with E-state index in [1.54, 1.807) is 4.90 Å². The Morgan fingerprint density at radius 1 is 1.29 bits per heavy atom. The first-order chi connectivity index (χ1) is 11.5. The molecular formula is C18H22N2O3S. The third-order valence-electron chi connectivity index (χ3n) is 4.18. The number of morpholine rings is 1. The second-order valence-electron chi connectivity index (χ2n) is 6.02. The molecule has 0 radical (unpaired) electrons. The van der Waals surface area contributed by atoms with Gasteiger partial charge in [-0.25, -0.2) is 4.98 Å². The third-order valence-corrected chi connectivity index (χ3v) is 5.01. The van der Waals surface area contributed by atoms with Gasteiger partial charge in [-0.2, -0.15) is 0 Å². The highest BCUT2D eigenvalue weighted by atomic mass is 32.1. The summed E-state index contributed by atoms with van der Waals surface area (Å²) >= 11 is 1.46. The Morgan fingerprint density at radius 3 is 2.79 bits per heavy atom. The minimum absolute atomic E-state index is 0.0246. The Bertz CT molecular complexity index is 736. The van der Waals surface area contributed by atoms with E-state index < -0.39 is 0 Å². The van der Waals surface area contributed by atoms with E-state index in [1.807, 2.05) is 11.4 Å². The highest BCUT2D eigenvalue weighted by molar-refractivity contribution is 7.09. The molecule has 1 saturated heterocycles. The number of nitrogens with zero attached hydrogens (tertiary/aromatic N) is 2. The number of carbonyl (C=O) groups excluding carboxylic acids is 1. The fourth-order valence-electron chi connectivity index (χ4n) is 2.69. The summed E-state index contributed by atoms with van der Waals surface area (Å²) in [6.07, 6.45) is 0.